The van der Waals surface area contributed by atoms with E-state index in [-0.39, 0.29) is 0 Å². The molecule has 21 heavy (non-hydrogen) atoms. The highest BCUT2D eigenvalue weighted by Crippen LogP contribution is 2.41. The van der Waals surface area contributed by atoms with Crippen LogP contribution in [-0.2, 0) is 6.54 Å². The predicted molar refractivity (Wildman–Crippen MR) is 84.6 cm³/mol. The fourth-order valence-electron chi connectivity index (χ4n) is 2.68. The fourth-order valence-corrected chi connectivity index (χ4v) is 2.68. The van der Waals surface area contributed by atoms with Crippen LogP contribution in [0.2, 0.25) is 0 Å². The van der Waals surface area contributed by atoms with E-state index in [1.807, 2.05) is 24.3 Å². The van der Waals surface area contributed by atoms with Crippen molar-refractivity contribution in [3.63, 3.8) is 0 Å². The van der Waals surface area contributed by atoms with Crippen molar-refractivity contribution in [2.24, 2.45) is 5.92 Å². The first-order valence-corrected chi connectivity index (χ1v) is 7.55. The van der Waals surface area contributed by atoms with Crippen LogP contribution in [0.3, 0.4) is 0 Å². The van der Waals surface area contributed by atoms with Crippen molar-refractivity contribution in [3.05, 3.63) is 70.8 Å². The molecule has 1 aliphatic carbocycles. The van der Waals surface area contributed by atoms with Gasteiger partial charge in [0.1, 0.15) is 0 Å². The Bertz CT molecular complexity index is 631. The molecule has 1 atom stereocenters. The number of rotatable bonds is 5. The van der Waals surface area contributed by atoms with E-state index in [1.54, 1.807) is 0 Å². The maximum absolute atomic E-state index is 8.83. The van der Waals surface area contributed by atoms with E-state index in [0.29, 0.717) is 6.04 Å². The average molecular weight is 276 g/mol. The number of nitriles is 1. The van der Waals surface area contributed by atoms with Gasteiger partial charge in [0.25, 0.3) is 0 Å². The third-order valence-corrected chi connectivity index (χ3v) is 4.14. The Morgan fingerprint density at radius 1 is 1.10 bits per heavy atom. The first-order chi connectivity index (χ1) is 10.3. The van der Waals surface area contributed by atoms with Crippen LogP contribution in [0.15, 0.2) is 48.5 Å². The first-order valence-electron chi connectivity index (χ1n) is 7.55. The van der Waals surface area contributed by atoms with Gasteiger partial charge in [-0.25, -0.2) is 0 Å². The van der Waals surface area contributed by atoms with Gasteiger partial charge in [-0.05, 0) is 48.9 Å². The number of nitrogens with zero attached hydrogens (tertiary/aromatic N) is 1. The molecule has 2 nitrogen and oxygen atoms in total. The van der Waals surface area contributed by atoms with Gasteiger partial charge in [-0.15, -0.1) is 0 Å². The topological polar surface area (TPSA) is 35.8 Å². The Morgan fingerprint density at radius 3 is 2.33 bits per heavy atom. The molecular weight excluding hydrogens is 256 g/mol. The highest BCUT2D eigenvalue weighted by Gasteiger charge is 2.31. The molecule has 1 fully saturated rings. The van der Waals surface area contributed by atoms with Gasteiger partial charge < -0.3 is 5.32 Å². The van der Waals surface area contributed by atoms with E-state index in [1.165, 1.54) is 29.5 Å². The Morgan fingerprint density at radius 2 is 1.76 bits per heavy atom. The molecule has 0 aromatic heterocycles. The maximum atomic E-state index is 8.83. The van der Waals surface area contributed by atoms with Gasteiger partial charge in [-0.1, -0.05) is 42.0 Å². The van der Waals surface area contributed by atoms with Crippen LogP contribution >= 0.6 is 0 Å². The molecule has 0 heterocycles. The van der Waals surface area contributed by atoms with Crippen LogP contribution in [0.1, 0.15) is 41.1 Å². The summed E-state index contributed by atoms with van der Waals surface area (Å²) in [4.78, 5) is 0. The molecule has 2 aromatic carbocycles. The highest BCUT2D eigenvalue weighted by molar-refractivity contribution is 5.32. The lowest BCUT2D eigenvalue weighted by molar-refractivity contribution is 0.480. The largest absolute Gasteiger partial charge is 0.306 e. The van der Waals surface area contributed by atoms with Crippen LogP contribution in [0.25, 0.3) is 0 Å². The minimum absolute atomic E-state index is 0.446. The average Bonchev–Trinajstić information content (AvgIpc) is 3.35. The summed E-state index contributed by atoms with van der Waals surface area (Å²) in [6, 6.07) is 19.3. The third kappa shape index (κ3) is 3.51. The first kappa shape index (κ1) is 13.9. The zero-order chi connectivity index (χ0) is 14.7. The molecule has 1 aliphatic rings. The monoisotopic (exact) mass is 276 g/mol. The van der Waals surface area contributed by atoms with Crippen molar-refractivity contribution in [1.29, 1.82) is 5.26 Å². The number of hydrogen-bond acceptors (Lipinski definition) is 2. The molecule has 0 radical (unpaired) electrons. The summed E-state index contributed by atoms with van der Waals surface area (Å²) in [6.07, 6.45) is 2.64. The van der Waals surface area contributed by atoms with Crippen molar-refractivity contribution in [1.82, 2.24) is 5.32 Å². The van der Waals surface area contributed by atoms with Gasteiger partial charge >= 0.3 is 0 Å². The molecule has 2 aromatic rings. The van der Waals surface area contributed by atoms with E-state index >= 15 is 0 Å². The summed E-state index contributed by atoms with van der Waals surface area (Å²) in [7, 11) is 0. The lowest BCUT2D eigenvalue weighted by atomic mass is 10.0. The van der Waals surface area contributed by atoms with E-state index < -0.39 is 0 Å². The van der Waals surface area contributed by atoms with Crippen LogP contribution in [0, 0.1) is 24.2 Å². The second-order valence-corrected chi connectivity index (χ2v) is 5.92. The third-order valence-electron chi connectivity index (χ3n) is 4.14. The second kappa shape index (κ2) is 6.11. The molecule has 2 heteroatoms. The zero-order valence-corrected chi connectivity index (χ0v) is 12.3. The van der Waals surface area contributed by atoms with Gasteiger partial charge in [0.2, 0.25) is 0 Å². The van der Waals surface area contributed by atoms with Crippen LogP contribution in [0.4, 0.5) is 0 Å². The molecule has 0 aliphatic heterocycles. The molecule has 1 saturated carbocycles. The van der Waals surface area contributed by atoms with Gasteiger partial charge in [0, 0.05) is 12.6 Å². The van der Waals surface area contributed by atoms with E-state index in [2.05, 4.69) is 42.6 Å². The Kier molecular flexibility index (Phi) is 4.03. The van der Waals surface area contributed by atoms with Crippen LogP contribution < -0.4 is 5.32 Å². The molecule has 1 N–H and O–H groups in total. The quantitative estimate of drug-likeness (QED) is 0.892. The highest BCUT2D eigenvalue weighted by atomic mass is 14.9. The van der Waals surface area contributed by atoms with Crippen molar-refractivity contribution in [2.45, 2.75) is 32.4 Å². The SMILES string of the molecule is Cc1ccc(C(NCc2ccc(C#N)cc2)C2CC2)cc1. The Labute approximate surface area is 126 Å². The molecule has 0 bridgehead atoms. The Hall–Kier alpha value is -2.11. The minimum Gasteiger partial charge on any atom is -0.306 e. The summed E-state index contributed by atoms with van der Waals surface area (Å²) >= 11 is 0. The number of benzene rings is 2. The molecule has 106 valence electrons. The van der Waals surface area contributed by atoms with Gasteiger partial charge in [0.15, 0.2) is 0 Å². The molecule has 0 spiro atoms. The fraction of sp³-hybridized carbons (Fsp3) is 0.316. The van der Waals surface area contributed by atoms with Gasteiger partial charge in [0.05, 0.1) is 11.6 Å². The normalized spacial score (nSPS) is 15.4. The maximum Gasteiger partial charge on any atom is 0.0991 e. The minimum atomic E-state index is 0.446. The molecular formula is C19H20N2. The number of aryl methyl sites for hydroxylation is 1. The van der Waals surface area contributed by atoms with Crippen LogP contribution in [-0.4, -0.2) is 0 Å². The zero-order valence-electron chi connectivity index (χ0n) is 12.3. The molecule has 0 saturated heterocycles. The molecule has 0 amide bonds. The van der Waals surface area contributed by atoms with E-state index in [9.17, 15) is 0 Å². The lowest BCUT2D eigenvalue weighted by Gasteiger charge is -2.19. The van der Waals surface area contributed by atoms with Crippen LogP contribution in [0.5, 0.6) is 0 Å². The predicted octanol–water partition coefficient (Wildman–Crippen LogP) is 4.11. The summed E-state index contributed by atoms with van der Waals surface area (Å²) < 4.78 is 0. The van der Waals surface area contributed by atoms with Crippen molar-refractivity contribution in [2.75, 3.05) is 0 Å². The van der Waals surface area contributed by atoms with Crippen molar-refractivity contribution >= 4 is 0 Å². The summed E-state index contributed by atoms with van der Waals surface area (Å²) in [6.45, 7) is 2.97. The van der Waals surface area contributed by atoms with Gasteiger partial charge in [-0.3, -0.25) is 0 Å². The smallest absolute Gasteiger partial charge is 0.0991 e. The number of nitrogens with one attached hydrogen (secondary N) is 1. The van der Waals surface area contributed by atoms with E-state index in [4.69, 9.17) is 5.26 Å². The molecule has 1 unspecified atom stereocenters. The Balaban J connectivity index is 1.68. The van der Waals surface area contributed by atoms with E-state index in [0.717, 1.165) is 18.0 Å². The number of hydrogen-bond donors (Lipinski definition) is 1. The molecule has 3 rings (SSSR count). The lowest BCUT2D eigenvalue weighted by Crippen LogP contribution is -2.22. The summed E-state index contributed by atoms with van der Waals surface area (Å²) in [5, 5.41) is 12.5. The standard InChI is InChI=1S/C19H20N2/c1-14-2-8-17(9-3-14)19(18-10-11-18)21-13-16-6-4-15(12-20)5-7-16/h2-9,18-19,21H,10-11,13H2,1H3. The van der Waals surface area contributed by atoms with Gasteiger partial charge in [-0.2, -0.15) is 5.26 Å². The second-order valence-electron chi connectivity index (χ2n) is 5.92. The summed E-state index contributed by atoms with van der Waals surface area (Å²) in [5.74, 6) is 0.770. The van der Waals surface area contributed by atoms with Crippen molar-refractivity contribution < 1.29 is 0 Å². The van der Waals surface area contributed by atoms with Crippen molar-refractivity contribution in [3.8, 4) is 6.07 Å². The summed E-state index contributed by atoms with van der Waals surface area (Å²) in [5.41, 5.74) is 4.64.